The van der Waals surface area contributed by atoms with Crippen LogP contribution in [0.15, 0.2) is 34.1 Å². The Kier molecular flexibility index (Phi) is 6.67. The molecule has 2 aromatic rings. The van der Waals surface area contributed by atoms with Crippen molar-refractivity contribution in [2.45, 2.75) is 20.4 Å². The summed E-state index contributed by atoms with van der Waals surface area (Å²) in [5, 5.41) is 10.1. The number of ether oxygens (including phenoxy) is 2. The fourth-order valence-corrected chi connectivity index (χ4v) is 2.79. The summed E-state index contributed by atoms with van der Waals surface area (Å²) in [6.07, 6.45) is 1.30. The van der Waals surface area contributed by atoms with Crippen LogP contribution in [0.25, 0.3) is 0 Å². The van der Waals surface area contributed by atoms with Gasteiger partial charge >= 0.3 is 16.8 Å². The molecule has 26 heavy (non-hydrogen) atoms. The van der Waals surface area contributed by atoms with Gasteiger partial charge in [0.2, 0.25) is 5.88 Å². The molecule has 0 aliphatic heterocycles. The standard InChI is InChI=1S/C17H18N2O6S/c1-3-24-14(20)10-19-15(21)13(26-17(19)23)9-18-12-7-5-6-11(8-12)16(22)25-4-2/h5-9,21H,3-4,10H2,1-2H3. The van der Waals surface area contributed by atoms with Crippen LogP contribution in [0.2, 0.25) is 0 Å². The van der Waals surface area contributed by atoms with Gasteiger partial charge in [-0.2, -0.15) is 0 Å². The fourth-order valence-electron chi connectivity index (χ4n) is 2.03. The third kappa shape index (κ3) is 4.79. The third-order valence-corrected chi connectivity index (χ3v) is 4.08. The predicted molar refractivity (Wildman–Crippen MR) is 96.5 cm³/mol. The van der Waals surface area contributed by atoms with E-state index in [1.54, 1.807) is 32.0 Å². The zero-order valence-corrected chi connectivity index (χ0v) is 15.1. The highest BCUT2D eigenvalue weighted by atomic mass is 32.1. The van der Waals surface area contributed by atoms with E-state index >= 15 is 0 Å². The first-order valence-corrected chi connectivity index (χ1v) is 8.67. The van der Waals surface area contributed by atoms with Crippen molar-refractivity contribution in [1.82, 2.24) is 4.57 Å². The molecule has 0 unspecified atom stereocenters. The van der Waals surface area contributed by atoms with Crippen molar-refractivity contribution in [3.05, 3.63) is 44.4 Å². The number of carbonyl (C=O) groups excluding carboxylic acids is 2. The Morgan fingerprint density at radius 1 is 1.27 bits per heavy atom. The summed E-state index contributed by atoms with van der Waals surface area (Å²) in [4.78, 5) is 39.0. The van der Waals surface area contributed by atoms with E-state index in [0.717, 1.165) is 15.9 Å². The van der Waals surface area contributed by atoms with E-state index in [2.05, 4.69) is 4.99 Å². The summed E-state index contributed by atoms with van der Waals surface area (Å²) in [5.41, 5.74) is 0.798. The van der Waals surface area contributed by atoms with E-state index < -0.39 is 16.8 Å². The Balaban J connectivity index is 2.21. The van der Waals surface area contributed by atoms with Crippen LogP contribution >= 0.6 is 11.3 Å². The molecular weight excluding hydrogens is 360 g/mol. The number of benzene rings is 1. The van der Waals surface area contributed by atoms with Crippen LogP contribution in [0.3, 0.4) is 0 Å². The lowest BCUT2D eigenvalue weighted by Crippen LogP contribution is -2.20. The minimum Gasteiger partial charge on any atom is -0.493 e. The maximum Gasteiger partial charge on any atom is 0.338 e. The normalized spacial score (nSPS) is 10.8. The molecule has 0 amide bonds. The molecule has 1 heterocycles. The summed E-state index contributed by atoms with van der Waals surface area (Å²) in [6.45, 7) is 3.44. The molecule has 0 saturated carbocycles. The van der Waals surface area contributed by atoms with Crippen molar-refractivity contribution in [2.24, 2.45) is 4.99 Å². The van der Waals surface area contributed by atoms with Crippen LogP contribution < -0.4 is 4.87 Å². The average Bonchev–Trinajstić information content (AvgIpc) is 2.88. The first-order chi connectivity index (χ1) is 12.5. The maximum atomic E-state index is 11.9. The SMILES string of the molecule is CCOC(=O)Cn1c(O)c(C=Nc2cccc(C(=O)OCC)c2)sc1=O. The van der Waals surface area contributed by atoms with Crippen molar-refractivity contribution in [3.8, 4) is 5.88 Å². The smallest absolute Gasteiger partial charge is 0.338 e. The Labute approximate surface area is 153 Å². The molecule has 0 atom stereocenters. The molecule has 0 radical (unpaired) electrons. The van der Waals surface area contributed by atoms with Crippen molar-refractivity contribution in [1.29, 1.82) is 0 Å². The number of rotatable bonds is 7. The third-order valence-electron chi connectivity index (χ3n) is 3.17. The van der Waals surface area contributed by atoms with E-state index in [9.17, 15) is 19.5 Å². The minimum atomic E-state index is -0.617. The summed E-state index contributed by atoms with van der Waals surface area (Å²) >= 11 is 0.748. The van der Waals surface area contributed by atoms with Gasteiger partial charge in [-0.25, -0.2) is 4.79 Å². The van der Waals surface area contributed by atoms with E-state index in [4.69, 9.17) is 9.47 Å². The lowest BCUT2D eigenvalue weighted by molar-refractivity contribution is -0.143. The van der Waals surface area contributed by atoms with E-state index in [1.165, 1.54) is 12.3 Å². The molecule has 0 fully saturated rings. The lowest BCUT2D eigenvalue weighted by Gasteiger charge is -2.03. The van der Waals surface area contributed by atoms with E-state index in [1.807, 2.05) is 0 Å². The molecule has 0 saturated heterocycles. The molecule has 0 aliphatic carbocycles. The second kappa shape index (κ2) is 8.95. The highest BCUT2D eigenvalue weighted by Gasteiger charge is 2.16. The number of nitrogens with zero attached hydrogens (tertiary/aromatic N) is 2. The molecule has 9 heteroatoms. The number of aliphatic imine (C=N–C) groups is 1. The predicted octanol–water partition coefficient (Wildman–Crippen LogP) is 2.11. The van der Waals surface area contributed by atoms with Gasteiger partial charge in [-0.05, 0) is 32.0 Å². The fraction of sp³-hybridized carbons (Fsp3) is 0.294. The number of thiazole rings is 1. The van der Waals surface area contributed by atoms with Crippen LogP contribution in [0, 0.1) is 0 Å². The molecule has 1 aromatic heterocycles. The largest absolute Gasteiger partial charge is 0.493 e. The van der Waals surface area contributed by atoms with Crippen LogP contribution in [0.1, 0.15) is 29.1 Å². The Morgan fingerprint density at radius 3 is 2.69 bits per heavy atom. The first kappa shape index (κ1) is 19.4. The second-order valence-electron chi connectivity index (χ2n) is 4.98. The summed E-state index contributed by atoms with van der Waals surface area (Å²) in [6, 6.07) is 6.44. The van der Waals surface area contributed by atoms with Gasteiger partial charge in [0.25, 0.3) is 0 Å². The van der Waals surface area contributed by atoms with Crippen molar-refractivity contribution >= 4 is 35.2 Å². The Morgan fingerprint density at radius 2 is 2.00 bits per heavy atom. The van der Waals surface area contributed by atoms with Crippen molar-refractivity contribution in [3.63, 3.8) is 0 Å². The van der Waals surface area contributed by atoms with Gasteiger partial charge in [-0.3, -0.25) is 19.1 Å². The topological polar surface area (TPSA) is 107 Å². The zero-order chi connectivity index (χ0) is 19.1. The van der Waals surface area contributed by atoms with E-state index in [0.29, 0.717) is 11.3 Å². The van der Waals surface area contributed by atoms with E-state index in [-0.39, 0.29) is 30.5 Å². The van der Waals surface area contributed by atoms with Crippen LogP contribution in [-0.2, 0) is 20.8 Å². The number of aromatic hydroxyl groups is 1. The number of esters is 2. The molecule has 2 rings (SSSR count). The second-order valence-corrected chi connectivity index (χ2v) is 5.97. The Bertz CT molecular complexity index is 884. The first-order valence-electron chi connectivity index (χ1n) is 7.85. The number of hydrogen-bond donors (Lipinski definition) is 1. The highest BCUT2D eigenvalue weighted by molar-refractivity contribution is 7.11. The van der Waals surface area contributed by atoms with Crippen LogP contribution in [0.4, 0.5) is 5.69 Å². The van der Waals surface area contributed by atoms with Gasteiger partial charge < -0.3 is 14.6 Å². The van der Waals surface area contributed by atoms with Crippen LogP contribution in [0.5, 0.6) is 5.88 Å². The highest BCUT2D eigenvalue weighted by Crippen LogP contribution is 2.20. The summed E-state index contributed by atoms with van der Waals surface area (Å²) in [7, 11) is 0. The van der Waals surface area contributed by atoms with Gasteiger partial charge in [0, 0.05) is 0 Å². The zero-order valence-electron chi connectivity index (χ0n) is 14.3. The van der Waals surface area contributed by atoms with Gasteiger partial charge in [-0.1, -0.05) is 17.4 Å². The molecule has 1 aromatic carbocycles. The van der Waals surface area contributed by atoms with Gasteiger partial charge in [-0.15, -0.1) is 0 Å². The molecule has 0 spiro atoms. The van der Waals surface area contributed by atoms with Crippen LogP contribution in [-0.4, -0.2) is 41.0 Å². The number of carbonyl (C=O) groups is 2. The van der Waals surface area contributed by atoms with Crippen molar-refractivity contribution < 1.29 is 24.2 Å². The quantitative estimate of drug-likeness (QED) is 0.584. The monoisotopic (exact) mass is 378 g/mol. The molecule has 8 nitrogen and oxygen atoms in total. The van der Waals surface area contributed by atoms with Crippen molar-refractivity contribution in [2.75, 3.05) is 13.2 Å². The Hall–Kier alpha value is -2.94. The molecule has 0 bridgehead atoms. The van der Waals surface area contributed by atoms with Gasteiger partial charge in [0.05, 0.1) is 30.7 Å². The number of aromatic nitrogens is 1. The minimum absolute atomic E-state index is 0.184. The average molecular weight is 378 g/mol. The van der Waals surface area contributed by atoms with Gasteiger partial charge in [0.1, 0.15) is 11.4 Å². The molecular formula is C17H18N2O6S. The lowest BCUT2D eigenvalue weighted by atomic mass is 10.2. The maximum absolute atomic E-state index is 11.9. The van der Waals surface area contributed by atoms with Gasteiger partial charge in [0.15, 0.2) is 0 Å². The molecule has 0 aliphatic rings. The molecule has 1 N–H and O–H groups in total. The summed E-state index contributed by atoms with van der Waals surface area (Å²) in [5.74, 6) is -1.44. The number of hydrogen-bond acceptors (Lipinski definition) is 8. The summed E-state index contributed by atoms with van der Waals surface area (Å²) < 4.78 is 10.6. The molecule has 138 valence electrons.